The van der Waals surface area contributed by atoms with E-state index in [4.69, 9.17) is 5.11 Å². The van der Waals surface area contributed by atoms with Crippen LogP contribution in [0.4, 0.5) is 0 Å². The van der Waals surface area contributed by atoms with Crippen LogP contribution in [-0.2, 0) is 9.59 Å². The maximum absolute atomic E-state index is 10.6. The normalized spacial score (nSPS) is 20.0. The zero-order chi connectivity index (χ0) is 8.97. The summed E-state index contributed by atoms with van der Waals surface area (Å²) in [4.78, 5) is 23.8. The average Bonchev–Trinajstić information content (AvgIpc) is 2.51. The molecular weight excluding hydrogens is 158 g/mol. The lowest BCUT2D eigenvalue weighted by molar-refractivity contribution is -0.139. The summed E-state index contributed by atoms with van der Waals surface area (Å²) in [6.07, 6.45) is 5.14. The molecule has 0 aliphatic heterocycles. The fourth-order valence-corrected chi connectivity index (χ4v) is 1.69. The lowest BCUT2D eigenvalue weighted by atomic mass is 9.99. The molecule has 0 heterocycles. The summed E-state index contributed by atoms with van der Waals surface area (Å²) in [6.45, 7) is 0. The average molecular weight is 169 g/mol. The van der Waals surface area contributed by atoms with E-state index in [0.29, 0.717) is 0 Å². The third kappa shape index (κ3) is 1.92. The molecule has 0 amide bonds. The molecule has 1 aliphatic carbocycles. The minimum Gasteiger partial charge on any atom is -0.480 e. The number of isocyanates is 1. The molecule has 0 aromatic rings. The molecule has 0 spiro atoms. The number of nitrogens with zero attached hydrogens (tertiary/aromatic N) is 1. The molecule has 0 bridgehead atoms. The first-order valence-corrected chi connectivity index (χ1v) is 4.05. The van der Waals surface area contributed by atoms with Crippen molar-refractivity contribution in [2.24, 2.45) is 10.9 Å². The molecule has 1 N–H and O–H groups in total. The molecule has 1 atom stereocenters. The number of hydrogen-bond donors (Lipinski definition) is 1. The monoisotopic (exact) mass is 169 g/mol. The Morgan fingerprint density at radius 1 is 1.50 bits per heavy atom. The van der Waals surface area contributed by atoms with Crippen LogP contribution in [0.25, 0.3) is 0 Å². The highest BCUT2D eigenvalue weighted by atomic mass is 16.4. The molecule has 4 nitrogen and oxygen atoms in total. The van der Waals surface area contributed by atoms with Crippen molar-refractivity contribution in [3.05, 3.63) is 0 Å². The standard InChI is InChI=1S/C8H11NO3/c10-5-9-7(8(11)12)6-3-1-2-4-6/h6-7H,1-4H2,(H,11,12). The van der Waals surface area contributed by atoms with E-state index in [-0.39, 0.29) is 5.92 Å². The minimum atomic E-state index is -1.01. The lowest BCUT2D eigenvalue weighted by Gasteiger charge is -2.11. The van der Waals surface area contributed by atoms with Crippen molar-refractivity contribution >= 4 is 12.0 Å². The second-order valence-electron chi connectivity index (χ2n) is 3.05. The van der Waals surface area contributed by atoms with Crippen molar-refractivity contribution < 1.29 is 14.7 Å². The summed E-state index contributed by atoms with van der Waals surface area (Å²) in [7, 11) is 0. The Kier molecular flexibility index (Phi) is 3.00. The molecule has 1 aliphatic rings. The maximum atomic E-state index is 10.6. The Morgan fingerprint density at radius 2 is 2.08 bits per heavy atom. The van der Waals surface area contributed by atoms with Crippen LogP contribution >= 0.6 is 0 Å². The Morgan fingerprint density at radius 3 is 2.50 bits per heavy atom. The van der Waals surface area contributed by atoms with Gasteiger partial charge >= 0.3 is 5.97 Å². The predicted molar refractivity (Wildman–Crippen MR) is 41.5 cm³/mol. The molecular formula is C8H11NO3. The zero-order valence-corrected chi connectivity index (χ0v) is 6.69. The molecule has 0 aromatic carbocycles. The maximum Gasteiger partial charge on any atom is 0.329 e. The first-order valence-electron chi connectivity index (χ1n) is 4.05. The van der Waals surface area contributed by atoms with E-state index in [0.717, 1.165) is 25.7 Å². The van der Waals surface area contributed by atoms with Crippen LogP contribution in [-0.4, -0.2) is 23.2 Å². The smallest absolute Gasteiger partial charge is 0.329 e. The fraction of sp³-hybridized carbons (Fsp3) is 0.750. The van der Waals surface area contributed by atoms with Gasteiger partial charge < -0.3 is 5.11 Å². The molecule has 0 radical (unpaired) electrons. The van der Waals surface area contributed by atoms with Gasteiger partial charge in [-0.2, -0.15) is 4.99 Å². The van der Waals surface area contributed by atoms with Crippen molar-refractivity contribution in [3.8, 4) is 0 Å². The van der Waals surface area contributed by atoms with Crippen LogP contribution in [0.2, 0.25) is 0 Å². The van der Waals surface area contributed by atoms with Crippen molar-refractivity contribution in [2.45, 2.75) is 31.7 Å². The lowest BCUT2D eigenvalue weighted by Crippen LogP contribution is -2.25. The van der Waals surface area contributed by atoms with Crippen molar-refractivity contribution in [1.82, 2.24) is 0 Å². The van der Waals surface area contributed by atoms with Crippen LogP contribution in [0.1, 0.15) is 25.7 Å². The van der Waals surface area contributed by atoms with E-state index in [9.17, 15) is 9.59 Å². The quantitative estimate of drug-likeness (QED) is 0.505. The summed E-state index contributed by atoms with van der Waals surface area (Å²) >= 11 is 0. The largest absolute Gasteiger partial charge is 0.480 e. The second kappa shape index (κ2) is 4.02. The molecule has 66 valence electrons. The zero-order valence-electron chi connectivity index (χ0n) is 6.69. The van der Waals surface area contributed by atoms with Gasteiger partial charge in [-0.1, -0.05) is 12.8 Å². The molecule has 1 unspecified atom stereocenters. The summed E-state index contributed by atoms with van der Waals surface area (Å²) in [5, 5.41) is 8.69. The molecule has 1 fully saturated rings. The van der Waals surface area contributed by atoms with E-state index in [1.807, 2.05) is 0 Å². The van der Waals surface area contributed by atoms with Crippen molar-refractivity contribution in [3.63, 3.8) is 0 Å². The number of carboxylic acid groups (broad SMARTS) is 1. The highest BCUT2D eigenvalue weighted by molar-refractivity contribution is 5.75. The second-order valence-corrected chi connectivity index (χ2v) is 3.05. The van der Waals surface area contributed by atoms with Crippen molar-refractivity contribution in [1.29, 1.82) is 0 Å². The van der Waals surface area contributed by atoms with Crippen LogP contribution < -0.4 is 0 Å². The van der Waals surface area contributed by atoms with Crippen LogP contribution in [0.15, 0.2) is 4.99 Å². The molecule has 1 saturated carbocycles. The highest BCUT2D eigenvalue weighted by Gasteiger charge is 2.29. The van der Waals surface area contributed by atoms with E-state index in [1.54, 1.807) is 0 Å². The number of carboxylic acids is 1. The number of carbonyl (C=O) groups is 1. The molecule has 1 rings (SSSR count). The Hall–Kier alpha value is -1.15. The van der Waals surface area contributed by atoms with Crippen molar-refractivity contribution in [2.75, 3.05) is 0 Å². The van der Waals surface area contributed by atoms with E-state index >= 15 is 0 Å². The number of hydrogen-bond acceptors (Lipinski definition) is 3. The van der Waals surface area contributed by atoms with Gasteiger partial charge in [0.2, 0.25) is 6.08 Å². The van der Waals surface area contributed by atoms with E-state index in [1.165, 1.54) is 6.08 Å². The summed E-state index contributed by atoms with van der Waals surface area (Å²) < 4.78 is 0. The SMILES string of the molecule is O=C=NC(C(=O)O)C1CCCC1. The van der Waals surface area contributed by atoms with Gasteiger partial charge in [0.15, 0.2) is 6.04 Å². The van der Waals surface area contributed by atoms with Gasteiger partial charge in [-0.3, -0.25) is 0 Å². The number of aliphatic imine (C=N–C) groups is 1. The third-order valence-corrected chi connectivity index (χ3v) is 2.29. The fourth-order valence-electron chi connectivity index (χ4n) is 1.69. The topological polar surface area (TPSA) is 66.7 Å². The van der Waals surface area contributed by atoms with E-state index in [2.05, 4.69) is 4.99 Å². The Bertz CT molecular complexity index is 212. The van der Waals surface area contributed by atoms with E-state index < -0.39 is 12.0 Å². The molecule has 0 saturated heterocycles. The van der Waals surface area contributed by atoms with Crippen LogP contribution in [0.5, 0.6) is 0 Å². The Balaban J connectivity index is 2.63. The van der Waals surface area contributed by atoms with Gasteiger partial charge in [0.25, 0.3) is 0 Å². The number of rotatable bonds is 3. The summed E-state index contributed by atoms with van der Waals surface area (Å²) in [6, 6.07) is -0.856. The van der Waals surface area contributed by atoms with Gasteiger partial charge in [-0.05, 0) is 18.8 Å². The number of carbonyl (C=O) groups excluding carboxylic acids is 1. The molecule has 4 heteroatoms. The number of aliphatic carboxylic acids is 1. The summed E-state index contributed by atoms with van der Waals surface area (Å²) in [5.74, 6) is -0.964. The van der Waals surface area contributed by atoms with Crippen LogP contribution in [0, 0.1) is 5.92 Å². The van der Waals surface area contributed by atoms with Gasteiger partial charge in [-0.25, -0.2) is 9.59 Å². The van der Waals surface area contributed by atoms with Gasteiger partial charge in [-0.15, -0.1) is 0 Å². The van der Waals surface area contributed by atoms with Gasteiger partial charge in [0, 0.05) is 0 Å². The third-order valence-electron chi connectivity index (χ3n) is 2.29. The highest BCUT2D eigenvalue weighted by Crippen LogP contribution is 2.29. The van der Waals surface area contributed by atoms with Gasteiger partial charge in [0.05, 0.1) is 0 Å². The summed E-state index contributed by atoms with van der Waals surface area (Å²) in [5.41, 5.74) is 0. The minimum absolute atomic E-state index is 0.0453. The Labute approximate surface area is 70.3 Å². The first kappa shape index (κ1) is 8.94. The molecule has 12 heavy (non-hydrogen) atoms. The molecule has 0 aromatic heterocycles. The first-order chi connectivity index (χ1) is 5.75. The van der Waals surface area contributed by atoms with Crippen LogP contribution in [0.3, 0.4) is 0 Å². The van der Waals surface area contributed by atoms with Gasteiger partial charge in [0.1, 0.15) is 0 Å². The predicted octanol–water partition coefficient (Wildman–Crippen LogP) is 0.966.